The fraction of sp³-hybridized carbons (Fsp3) is 0.375. The Morgan fingerprint density at radius 2 is 2.09 bits per heavy atom. The molecule has 1 saturated carbocycles. The van der Waals surface area contributed by atoms with Gasteiger partial charge >= 0.3 is 5.97 Å². The standard InChI is InChI=1S/C24H30FN5O3/c1-13(26)22(20(28-3)12-29-17-6-7-17)15-9-21(23(27)30-11-15)33-14(2)18-8-5-16(25)10-19(18)24(31)32-4/h5,8-11,14,17,29H,6-7,12,26H2,1-4H3,(H2,27,30). The van der Waals surface area contributed by atoms with Crippen molar-refractivity contribution in [1.29, 1.82) is 0 Å². The summed E-state index contributed by atoms with van der Waals surface area (Å²) < 4.78 is 24.6. The zero-order valence-electron chi connectivity index (χ0n) is 19.3. The van der Waals surface area contributed by atoms with E-state index in [0.717, 1.165) is 30.2 Å². The number of nitrogens with zero attached hydrogens (tertiary/aromatic N) is 2. The van der Waals surface area contributed by atoms with E-state index < -0.39 is 17.9 Å². The molecule has 0 aliphatic heterocycles. The lowest BCUT2D eigenvalue weighted by atomic mass is 10.00. The molecule has 0 spiro atoms. The third kappa shape index (κ3) is 5.87. The van der Waals surface area contributed by atoms with E-state index in [-0.39, 0.29) is 11.4 Å². The van der Waals surface area contributed by atoms with Gasteiger partial charge in [-0.1, -0.05) is 6.07 Å². The molecule has 9 heteroatoms. The summed E-state index contributed by atoms with van der Waals surface area (Å²) in [6.07, 6.45) is 3.31. The van der Waals surface area contributed by atoms with Crippen LogP contribution in [0.2, 0.25) is 0 Å². The topological polar surface area (TPSA) is 125 Å². The molecular formula is C24H30FN5O3. The maximum atomic E-state index is 13.7. The number of aromatic nitrogens is 1. The Hall–Kier alpha value is -3.46. The highest BCUT2D eigenvalue weighted by atomic mass is 19.1. The van der Waals surface area contributed by atoms with Crippen LogP contribution in [-0.4, -0.2) is 43.4 Å². The van der Waals surface area contributed by atoms with Crippen molar-refractivity contribution in [3.63, 3.8) is 0 Å². The zero-order valence-corrected chi connectivity index (χ0v) is 19.3. The summed E-state index contributed by atoms with van der Waals surface area (Å²) in [4.78, 5) is 20.8. The number of aliphatic imine (C=N–C) groups is 1. The monoisotopic (exact) mass is 455 g/mol. The number of halogens is 1. The molecule has 1 fully saturated rings. The molecule has 1 aliphatic rings. The van der Waals surface area contributed by atoms with Crippen molar-refractivity contribution in [2.75, 3.05) is 26.4 Å². The molecule has 1 aromatic carbocycles. The van der Waals surface area contributed by atoms with Crippen LogP contribution in [0.15, 0.2) is 41.2 Å². The van der Waals surface area contributed by atoms with E-state index in [0.29, 0.717) is 35.2 Å². The largest absolute Gasteiger partial charge is 0.482 e. The third-order valence-electron chi connectivity index (χ3n) is 5.42. The maximum Gasteiger partial charge on any atom is 0.338 e. The normalized spacial score (nSPS) is 15.6. The molecule has 1 heterocycles. The molecule has 2 aromatic rings. The summed E-state index contributed by atoms with van der Waals surface area (Å²) in [5.74, 6) is -0.721. The number of rotatable bonds is 9. The van der Waals surface area contributed by atoms with E-state index >= 15 is 0 Å². The Bertz CT molecular complexity index is 1090. The van der Waals surface area contributed by atoms with E-state index in [1.807, 2.05) is 0 Å². The number of allylic oxidation sites excluding steroid dienone is 1. The Morgan fingerprint density at radius 3 is 2.70 bits per heavy atom. The minimum absolute atomic E-state index is 0.0811. The van der Waals surface area contributed by atoms with Crippen molar-refractivity contribution >= 4 is 23.1 Å². The molecule has 0 saturated heterocycles. The van der Waals surface area contributed by atoms with Gasteiger partial charge in [0.25, 0.3) is 0 Å². The highest BCUT2D eigenvalue weighted by Crippen LogP contribution is 2.31. The molecule has 3 rings (SSSR count). The molecule has 1 aliphatic carbocycles. The predicted molar refractivity (Wildman–Crippen MR) is 127 cm³/mol. The van der Waals surface area contributed by atoms with Crippen molar-refractivity contribution in [3.05, 3.63) is 58.7 Å². The van der Waals surface area contributed by atoms with Gasteiger partial charge < -0.3 is 26.3 Å². The summed E-state index contributed by atoms with van der Waals surface area (Å²) >= 11 is 0. The molecular weight excluding hydrogens is 425 g/mol. The lowest BCUT2D eigenvalue weighted by molar-refractivity contribution is 0.0595. The number of anilines is 1. The summed E-state index contributed by atoms with van der Waals surface area (Å²) in [6, 6.07) is 6.13. The zero-order chi connectivity index (χ0) is 24.1. The van der Waals surface area contributed by atoms with Crippen molar-refractivity contribution in [2.45, 2.75) is 38.8 Å². The molecule has 1 atom stereocenters. The average molecular weight is 456 g/mol. The van der Waals surface area contributed by atoms with E-state index in [4.69, 9.17) is 20.9 Å². The van der Waals surface area contributed by atoms with Crippen LogP contribution in [0.4, 0.5) is 10.2 Å². The molecule has 8 nitrogen and oxygen atoms in total. The van der Waals surface area contributed by atoms with Gasteiger partial charge in [-0.2, -0.15) is 0 Å². The molecule has 176 valence electrons. The highest BCUT2D eigenvalue weighted by Gasteiger charge is 2.23. The van der Waals surface area contributed by atoms with Gasteiger partial charge in [0.05, 0.1) is 18.4 Å². The van der Waals surface area contributed by atoms with Gasteiger partial charge in [-0.05, 0) is 44.9 Å². The van der Waals surface area contributed by atoms with Gasteiger partial charge in [0, 0.05) is 48.2 Å². The highest BCUT2D eigenvalue weighted by molar-refractivity contribution is 6.25. The van der Waals surface area contributed by atoms with Crippen LogP contribution < -0.4 is 21.5 Å². The molecule has 0 bridgehead atoms. The van der Waals surface area contributed by atoms with E-state index in [2.05, 4.69) is 15.3 Å². The second kappa shape index (κ2) is 10.4. The number of pyridine rings is 1. The number of esters is 1. The van der Waals surface area contributed by atoms with E-state index in [9.17, 15) is 9.18 Å². The summed E-state index contributed by atoms with van der Waals surface area (Å²) in [6.45, 7) is 4.12. The second-order valence-corrected chi connectivity index (χ2v) is 7.97. The second-order valence-electron chi connectivity index (χ2n) is 7.97. The molecule has 0 radical (unpaired) electrons. The number of hydrogen-bond acceptors (Lipinski definition) is 8. The first-order chi connectivity index (χ1) is 15.7. The fourth-order valence-corrected chi connectivity index (χ4v) is 3.54. The van der Waals surface area contributed by atoms with Crippen molar-refractivity contribution < 1.29 is 18.7 Å². The number of carbonyl (C=O) groups is 1. The summed E-state index contributed by atoms with van der Waals surface area (Å²) in [5, 5.41) is 3.45. The minimum Gasteiger partial charge on any atom is -0.482 e. The number of nitrogens with one attached hydrogen (secondary N) is 1. The lowest BCUT2D eigenvalue weighted by Crippen LogP contribution is -2.27. The number of nitrogen functional groups attached to an aromatic ring is 1. The number of hydrogen-bond donors (Lipinski definition) is 3. The van der Waals surface area contributed by atoms with Crippen LogP contribution in [-0.2, 0) is 4.74 Å². The molecule has 33 heavy (non-hydrogen) atoms. The number of benzene rings is 1. The van der Waals surface area contributed by atoms with Crippen LogP contribution in [0.1, 0.15) is 54.3 Å². The average Bonchev–Trinajstić information content (AvgIpc) is 3.61. The van der Waals surface area contributed by atoms with Crippen LogP contribution >= 0.6 is 0 Å². The Morgan fingerprint density at radius 1 is 1.36 bits per heavy atom. The third-order valence-corrected chi connectivity index (χ3v) is 5.42. The molecule has 1 aromatic heterocycles. The number of nitrogens with two attached hydrogens (primary N) is 2. The van der Waals surface area contributed by atoms with E-state index in [1.165, 1.54) is 19.2 Å². The van der Waals surface area contributed by atoms with Crippen LogP contribution in [0.3, 0.4) is 0 Å². The Labute approximate surface area is 192 Å². The van der Waals surface area contributed by atoms with Crippen molar-refractivity contribution in [2.24, 2.45) is 10.7 Å². The quantitative estimate of drug-likeness (QED) is 0.391. The smallest absolute Gasteiger partial charge is 0.338 e. The Balaban J connectivity index is 1.91. The fourth-order valence-electron chi connectivity index (χ4n) is 3.54. The van der Waals surface area contributed by atoms with Crippen molar-refractivity contribution in [3.8, 4) is 5.75 Å². The summed E-state index contributed by atoms with van der Waals surface area (Å²) in [7, 11) is 2.96. The molecule has 5 N–H and O–H groups in total. The predicted octanol–water partition coefficient (Wildman–Crippen LogP) is 3.24. The van der Waals surface area contributed by atoms with Gasteiger partial charge in [0.1, 0.15) is 11.9 Å². The number of methoxy groups -OCH3 is 1. The first kappa shape index (κ1) is 24.2. The number of carbonyl (C=O) groups excluding carboxylic acids is 1. The van der Waals surface area contributed by atoms with Crippen LogP contribution in [0.25, 0.3) is 5.57 Å². The first-order valence-corrected chi connectivity index (χ1v) is 10.7. The first-order valence-electron chi connectivity index (χ1n) is 10.7. The van der Waals surface area contributed by atoms with Crippen LogP contribution in [0, 0.1) is 5.82 Å². The van der Waals surface area contributed by atoms with Gasteiger partial charge in [0.2, 0.25) is 0 Å². The molecule has 1 unspecified atom stereocenters. The lowest BCUT2D eigenvalue weighted by Gasteiger charge is -2.20. The van der Waals surface area contributed by atoms with E-state index in [1.54, 1.807) is 33.2 Å². The van der Waals surface area contributed by atoms with Gasteiger partial charge in [-0.25, -0.2) is 14.2 Å². The van der Waals surface area contributed by atoms with Gasteiger partial charge in [0.15, 0.2) is 11.6 Å². The molecule has 0 amide bonds. The van der Waals surface area contributed by atoms with Crippen molar-refractivity contribution in [1.82, 2.24) is 10.3 Å². The Kier molecular flexibility index (Phi) is 7.65. The van der Waals surface area contributed by atoms with Gasteiger partial charge in [-0.15, -0.1) is 0 Å². The summed E-state index contributed by atoms with van der Waals surface area (Å²) in [5.41, 5.74) is 15.7. The SMILES string of the molecule is CN=C(CNC1CC1)C(=C(C)N)c1cnc(N)c(OC(C)c2ccc(F)cc2C(=O)OC)c1. The minimum atomic E-state index is -0.657. The number of ether oxygens (including phenoxy) is 2. The van der Waals surface area contributed by atoms with Gasteiger partial charge in [-0.3, -0.25) is 4.99 Å². The maximum absolute atomic E-state index is 13.7. The van der Waals surface area contributed by atoms with Crippen LogP contribution in [0.5, 0.6) is 5.75 Å².